The van der Waals surface area contributed by atoms with Gasteiger partial charge in [0, 0.05) is 75.7 Å². The van der Waals surface area contributed by atoms with Gasteiger partial charge in [-0.25, -0.2) is 14.6 Å². The number of anilines is 9. The van der Waals surface area contributed by atoms with E-state index in [4.69, 9.17) is 53.8 Å². The van der Waals surface area contributed by atoms with Crippen LogP contribution in [0.5, 0.6) is 0 Å². The molecule has 0 spiro atoms. The monoisotopic (exact) mass is 1130 g/mol. The molecule has 4 unspecified atom stereocenters. The highest BCUT2D eigenvalue weighted by atomic mass is 16.5. The molecule has 0 radical (unpaired) electrons. The summed E-state index contributed by atoms with van der Waals surface area (Å²) in [5, 5.41) is 8.86. The van der Waals surface area contributed by atoms with E-state index < -0.39 is 12.1 Å². The molecule has 4 atom stereocenters. The zero-order valence-electron chi connectivity index (χ0n) is 48.6. The van der Waals surface area contributed by atoms with Crippen LogP contribution in [-0.2, 0) is 25.5 Å². The summed E-state index contributed by atoms with van der Waals surface area (Å²) in [6.07, 6.45) is 1.65. The molecule has 4 amide bonds. The Hall–Kier alpha value is -7.87. The molecule has 0 saturated carbocycles. The van der Waals surface area contributed by atoms with Gasteiger partial charge in [0.2, 0.25) is 23.8 Å². The van der Waals surface area contributed by atoms with Crippen LogP contribution in [-0.4, -0.2) is 207 Å². The van der Waals surface area contributed by atoms with Gasteiger partial charge in [-0.15, -0.1) is 0 Å². The van der Waals surface area contributed by atoms with Crippen LogP contribution in [0.1, 0.15) is 33.3 Å². The molecular formula is C59H76N18O6. The summed E-state index contributed by atoms with van der Waals surface area (Å²) in [7, 11) is 6.13. The lowest BCUT2D eigenvalue weighted by atomic mass is 10.1. The molecule has 5 aliphatic heterocycles. The number of likely N-dealkylation sites (N-methyl/N-ethyl adjacent to an activating group) is 1. The molecule has 5 saturated heterocycles. The highest BCUT2D eigenvalue weighted by molar-refractivity contribution is 6.13. The molecule has 5 aliphatic rings. The lowest BCUT2D eigenvalue weighted by Gasteiger charge is -2.36. The van der Waals surface area contributed by atoms with Crippen LogP contribution in [0, 0.1) is 0 Å². The van der Waals surface area contributed by atoms with E-state index in [0.717, 1.165) is 44.1 Å². The van der Waals surface area contributed by atoms with Gasteiger partial charge >= 0.3 is 12.1 Å². The fourth-order valence-electron chi connectivity index (χ4n) is 10.8. The number of aromatic nitrogens is 7. The molecule has 5 fully saturated rings. The third-order valence-electron chi connectivity index (χ3n) is 15.6. The molecule has 3 aromatic carbocycles. The third kappa shape index (κ3) is 13.3. The van der Waals surface area contributed by atoms with E-state index in [1.807, 2.05) is 74.8 Å². The Bertz CT molecular complexity index is 3070. The second-order valence-corrected chi connectivity index (χ2v) is 22.2. The maximum absolute atomic E-state index is 15.5. The van der Waals surface area contributed by atoms with E-state index in [1.54, 1.807) is 30.5 Å². The fraction of sp³-hybridized carbons (Fsp3) is 0.475. The first-order valence-electron chi connectivity index (χ1n) is 28.8. The van der Waals surface area contributed by atoms with Gasteiger partial charge in [0.05, 0.1) is 100 Å². The summed E-state index contributed by atoms with van der Waals surface area (Å²) < 4.78 is 23.2. The first-order valence-corrected chi connectivity index (χ1v) is 28.8. The SMILES string of the molecule is CC1COCCN1c1nc(-c2ccc(N(C(=O)Nc3ccc(CN(C)C)cc3)N(C(=O)Nc3ccc(N4CCN(C)CC4)nc3)c3ccc(-c4nc(N5CCOCC5C)nc(N5CCOCC5C)n4)cc3)cc2)nc(N2CCOCC2C)n1. The number of hydrazine groups is 1. The number of morpholine rings is 4. The van der Waals surface area contributed by atoms with Crippen molar-refractivity contribution in [3.8, 4) is 22.8 Å². The van der Waals surface area contributed by atoms with Crippen molar-refractivity contribution < 1.29 is 28.5 Å². The van der Waals surface area contributed by atoms with Gasteiger partial charge in [0.25, 0.3) is 0 Å². The minimum Gasteiger partial charge on any atom is -0.377 e. The van der Waals surface area contributed by atoms with Crippen molar-refractivity contribution in [2.75, 3.05) is 172 Å². The van der Waals surface area contributed by atoms with Crippen molar-refractivity contribution in [3.63, 3.8) is 0 Å². The fourth-order valence-corrected chi connectivity index (χ4v) is 10.8. The van der Waals surface area contributed by atoms with E-state index in [2.05, 4.69) is 79.7 Å². The summed E-state index contributed by atoms with van der Waals surface area (Å²) in [4.78, 5) is 81.2. The number of piperazine rings is 1. The summed E-state index contributed by atoms with van der Waals surface area (Å²) in [6.45, 7) is 19.5. The van der Waals surface area contributed by atoms with Crippen LogP contribution >= 0.6 is 0 Å². The number of nitrogens with zero attached hydrogens (tertiary/aromatic N) is 16. The molecule has 11 rings (SSSR count). The summed E-state index contributed by atoms with van der Waals surface area (Å²) in [5.41, 5.74) is 4.12. The van der Waals surface area contributed by atoms with Gasteiger partial charge in [0.1, 0.15) is 5.82 Å². The molecule has 24 nitrogen and oxygen atoms in total. The largest absolute Gasteiger partial charge is 0.377 e. The van der Waals surface area contributed by atoms with E-state index in [9.17, 15) is 0 Å². The van der Waals surface area contributed by atoms with Crippen molar-refractivity contribution >= 4 is 64.4 Å². The topological polar surface area (TPSA) is 215 Å². The number of amides is 4. The van der Waals surface area contributed by atoms with Crippen molar-refractivity contribution in [2.45, 2.75) is 58.4 Å². The molecule has 2 N–H and O–H groups in total. The Kier molecular flexibility index (Phi) is 17.7. The zero-order chi connectivity index (χ0) is 57.6. The Labute approximate surface area is 485 Å². The average Bonchev–Trinajstić information content (AvgIpc) is 3.69. The number of rotatable bonds is 13. The average molecular weight is 1130 g/mol. The molecule has 3 aromatic heterocycles. The Morgan fingerprint density at radius 2 is 0.880 bits per heavy atom. The van der Waals surface area contributed by atoms with Crippen LogP contribution in [0.25, 0.3) is 22.8 Å². The summed E-state index contributed by atoms with van der Waals surface area (Å²) in [6, 6.07) is 24.9. The number of ether oxygens (including phenoxy) is 4. The van der Waals surface area contributed by atoms with Crippen molar-refractivity contribution in [2.24, 2.45) is 0 Å². The Morgan fingerprint density at radius 3 is 1.24 bits per heavy atom. The van der Waals surface area contributed by atoms with Gasteiger partial charge < -0.3 is 63.9 Å². The number of benzene rings is 3. The molecule has 83 heavy (non-hydrogen) atoms. The minimum atomic E-state index is -0.634. The van der Waals surface area contributed by atoms with Gasteiger partial charge in [0.15, 0.2) is 11.6 Å². The Morgan fingerprint density at radius 1 is 0.494 bits per heavy atom. The van der Waals surface area contributed by atoms with Crippen molar-refractivity contribution in [3.05, 3.63) is 96.7 Å². The minimum absolute atomic E-state index is 0.0359. The quantitative estimate of drug-likeness (QED) is 0.123. The third-order valence-corrected chi connectivity index (χ3v) is 15.6. The number of nitrogens with one attached hydrogen (secondary N) is 2. The first-order chi connectivity index (χ1) is 40.3. The van der Waals surface area contributed by atoms with Crippen LogP contribution in [0.3, 0.4) is 0 Å². The molecule has 8 heterocycles. The smallest absolute Gasteiger partial charge is 0.345 e. The van der Waals surface area contributed by atoms with E-state index >= 15 is 9.59 Å². The molecular weight excluding hydrogens is 1060 g/mol. The number of hydrogen-bond donors (Lipinski definition) is 2. The van der Waals surface area contributed by atoms with Crippen LogP contribution < -0.4 is 45.2 Å². The van der Waals surface area contributed by atoms with Crippen molar-refractivity contribution in [1.29, 1.82) is 0 Å². The lowest BCUT2D eigenvalue weighted by molar-refractivity contribution is 0.0968. The number of carbonyl (C=O) groups excluding carboxylic acids is 2. The first kappa shape index (κ1) is 57.0. The summed E-state index contributed by atoms with van der Waals surface area (Å²) >= 11 is 0. The second-order valence-electron chi connectivity index (χ2n) is 22.2. The van der Waals surface area contributed by atoms with Gasteiger partial charge in [-0.3, -0.25) is 0 Å². The van der Waals surface area contributed by atoms with Crippen molar-refractivity contribution in [1.82, 2.24) is 44.7 Å². The predicted octanol–water partition coefficient (Wildman–Crippen LogP) is 6.19. The van der Waals surface area contributed by atoms with Crippen LogP contribution in [0.4, 0.5) is 61.9 Å². The highest BCUT2D eigenvalue weighted by Crippen LogP contribution is 2.33. The number of hydrogen-bond acceptors (Lipinski definition) is 20. The molecule has 6 aromatic rings. The van der Waals surface area contributed by atoms with Gasteiger partial charge in [-0.2, -0.15) is 39.9 Å². The second kappa shape index (κ2) is 25.7. The predicted molar refractivity (Wildman–Crippen MR) is 322 cm³/mol. The van der Waals surface area contributed by atoms with E-state index in [1.165, 1.54) is 10.0 Å². The normalized spacial score (nSPS) is 20.8. The summed E-state index contributed by atoms with van der Waals surface area (Å²) in [5.74, 6) is 3.92. The van der Waals surface area contributed by atoms with Gasteiger partial charge in [-0.05, 0) is 127 Å². The van der Waals surface area contributed by atoms with E-state index in [0.29, 0.717) is 148 Å². The molecule has 438 valence electrons. The number of carbonyl (C=O) groups is 2. The Balaban J connectivity index is 0.996. The molecule has 24 heteroatoms. The molecule has 0 bridgehead atoms. The highest BCUT2D eigenvalue weighted by Gasteiger charge is 2.33. The van der Waals surface area contributed by atoms with Crippen LogP contribution in [0.2, 0.25) is 0 Å². The van der Waals surface area contributed by atoms with Crippen LogP contribution in [0.15, 0.2) is 91.1 Å². The van der Waals surface area contributed by atoms with E-state index in [-0.39, 0.29) is 24.2 Å². The standard InChI is InChI=1S/C59H76N18O6/c1-40-36-80-30-26-72(40)54-63-52(64-55(67-54)73-27-31-81-37-41(73)2)45-10-17-49(18-11-45)76(58(78)61-47-14-8-44(9-15-47)35-69(5)6)77(59(79)62-48-16-21-51(60-34-48)71-24-22-70(7)23-25-71)50-19-12-46(13-20-50)53-65-56(74-28-32-82-38-42(74)3)68-57(66-53)75-29-33-83-39-43(75)4/h8-21,34,40-43H,22-33,35-39H2,1-7H3,(H,61,78)(H,62,79). The lowest BCUT2D eigenvalue weighted by Crippen LogP contribution is -2.54. The number of pyridine rings is 1. The number of urea groups is 2. The zero-order valence-corrected chi connectivity index (χ0v) is 48.6. The molecule has 0 aliphatic carbocycles. The van der Waals surface area contributed by atoms with Gasteiger partial charge in [-0.1, -0.05) is 12.1 Å². The maximum Gasteiger partial charge on any atom is 0.345 e. The maximum atomic E-state index is 15.5.